The number of fused-ring (bicyclic) bond motifs is 1. The number of carbonyl (C=O) groups is 2. The Morgan fingerprint density at radius 2 is 2.12 bits per heavy atom. The average molecular weight is 356 g/mol. The second kappa shape index (κ2) is 7.50. The first-order chi connectivity index (χ1) is 12.5. The van der Waals surface area contributed by atoms with E-state index in [9.17, 15) is 14.6 Å². The van der Waals surface area contributed by atoms with Crippen LogP contribution in [-0.2, 0) is 27.4 Å². The van der Waals surface area contributed by atoms with Gasteiger partial charge in [0.15, 0.2) is 0 Å². The minimum atomic E-state index is -1.04. The molecule has 1 aromatic carbocycles. The van der Waals surface area contributed by atoms with Crippen LogP contribution >= 0.6 is 0 Å². The van der Waals surface area contributed by atoms with Crippen LogP contribution in [0.4, 0.5) is 5.95 Å². The molecule has 10 heteroatoms. The van der Waals surface area contributed by atoms with E-state index in [0.29, 0.717) is 28.8 Å². The number of anilines is 1. The van der Waals surface area contributed by atoms with E-state index in [2.05, 4.69) is 15.3 Å². The first kappa shape index (κ1) is 17.8. The fourth-order valence-corrected chi connectivity index (χ4v) is 2.65. The molecule has 0 saturated carbocycles. The summed E-state index contributed by atoms with van der Waals surface area (Å²) >= 11 is 0. The van der Waals surface area contributed by atoms with Crippen LogP contribution in [0.2, 0.25) is 0 Å². The summed E-state index contributed by atoms with van der Waals surface area (Å²) in [6, 6.07) is 3.37. The molecule has 0 aliphatic carbocycles. The summed E-state index contributed by atoms with van der Waals surface area (Å²) in [5, 5.41) is 12.3. The van der Waals surface area contributed by atoms with Gasteiger partial charge in [-0.15, -0.1) is 0 Å². The molecule has 134 valence electrons. The van der Waals surface area contributed by atoms with Crippen LogP contribution in [0.5, 0.6) is 0 Å². The van der Waals surface area contributed by atoms with Crippen LogP contribution in [0.15, 0.2) is 24.5 Å². The van der Waals surface area contributed by atoms with E-state index in [1.165, 1.54) is 12.4 Å². The van der Waals surface area contributed by atoms with Crippen LogP contribution in [-0.4, -0.2) is 40.5 Å². The summed E-state index contributed by atoms with van der Waals surface area (Å²) < 4.78 is 10.2. The van der Waals surface area contributed by atoms with Gasteiger partial charge in [0.2, 0.25) is 5.95 Å². The number of rotatable bonds is 5. The van der Waals surface area contributed by atoms with Crippen molar-refractivity contribution in [3.05, 3.63) is 46.8 Å². The lowest BCUT2D eigenvalue weighted by atomic mass is 9.75. The highest BCUT2D eigenvalue weighted by molar-refractivity contribution is 6.62. The molecule has 0 spiro atoms. The number of nitrogen functional groups attached to an aromatic ring is 1. The van der Waals surface area contributed by atoms with E-state index in [1.54, 1.807) is 19.1 Å². The quantitative estimate of drug-likeness (QED) is 0.461. The van der Waals surface area contributed by atoms with Crippen molar-refractivity contribution < 1.29 is 24.0 Å². The van der Waals surface area contributed by atoms with E-state index in [4.69, 9.17) is 15.1 Å². The van der Waals surface area contributed by atoms with Crippen molar-refractivity contribution in [2.24, 2.45) is 0 Å². The van der Waals surface area contributed by atoms with Gasteiger partial charge in [0.05, 0.1) is 6.61 Å². The van der Waals surface area contributed by atoms with Gasteiger partial charge in [-0.3, -0.25) is 9.59 Å². The highest BCUT2D eigenvalue weighted by atomic mass is 16.5. The normalized spacial score (nSPS) is 12.6. The number of ether oxygens (including phenoxy) is 1. The number of esters is 1. The first-order valence-electron chi connectivity index (χ1n) is 7.88. The molecule has 3 rings (SSSR count). The van der Waals surface area contributed by atoms with Crippen LogP contribution in [0, 0.1) is 6.92 Å². The third-order valence-electron chi connectivity index (χ3n) is 4.01. The van der Waals surface area contributed by atoms with Gasteiger partial charge in [0.1, 0.15) is 13.2 Å². The molecule has 1 aromatic heterocycles. The number of benzene rings is 1. The molecule has 9 nitrogen and oxygen atoms in total. The van der Waals surface area contributed by atoms with Crippen LogP contribution in [0.3, 0.4) is 0 Å². The van der Waals surface area contributed by atoms with E-state index < -0.39 is 19.0 Å². The highest BCUT2D eigenvalue weighted by Crippen LogP contribution is 2.16. The summed E-state index contributed by atoms with van der Waals surface area (Å²) in [6.07, 6.45) is 2.91. The zero-order valence-corrected chi connectivity index (χ0v) is 14.1. The van der Waals surface area contributed by atoms with Crippen LogP contribution in [0.25, 0.3) is 0 Å². The summed E-state index contributed by atoms with van der Waals surface area (Å²) in [4.78, 5) is 31.7. The Morgan fingerprint density at radius 1 is 1.38 bits per heavy atom. The molecular formula is C16H17BN4O5. The topological polar surface area (TPSA) is 137 Å². The van der Waals surface area contributed by atoms with Gasteiger partial charge in [-0.2, -0.15) is 0 Å². The van der Waals surface area contributed by atoms with E-state index in [1.807, 2.05) is 0 Å². The van der Waals surface area contributed by atoms with Gasteiger partial charge in [-0.25, -0.2) is 9.97 Å². The van der Waals surface area contributed by atoms with Crippen molar-refractivity contribution in [3.63, 3.8) is 0 Å². The Balaban J connectivity index is 1.55. The Morgan fingerprint density at radius 3 is 2.85 bits per heavy atom. The number of nitrogens with one attached hydrogen (secondary N) is 1. The lowest BCUT2D eigenvalue weighted by Gasteiger charge is -2.11. The lowest BCUT2D eigenvalue weighted by Crippen LogP contribution is -2.35. The summed E-state index contributed by atoms with van der Waals surface area (Å²) in [7, 11) is -1.04. The molecule has 0 saturated heterocycles. The number of carbonyl (C=O) groups excluding carboxylic acids is 2. The molecule has 2 aromatic rings. The van der Waals surface area contributed by atoms with Gasteiger partial charge in [0.25, 0.3) is 5.91 Å². The van der Waals surface area contributed by atoms with Crippen molar-refractivity contribution in [2.75, 3.05) is 12.3 Å². The molecule has 0 fully saturated rings. The molecule has 0 unspecified atom stereocenters. The fourth-order valence-electron chi connectivity index (χ4n) is 2.65. The molecular weight excluding hydrogens is 339 g/mol. The number of aromatic nitrogens is 2. The average Bonchev–Trinajstić information content (AvgIpc) is 3.01. The van der Waals surface area contributed by atoms with Crippen molar-refractivity contribution in [2.45, 2.75) is 20.1 Å². The highest BCUT2D eigenvalue weighted by Gasteiger charge is 2.31. The molecule has 1 amide bonds. The summed E-state index contributed by atoms with van der Waals surface area (Å²) in [5.74, 6) is -0.901. The van der Waals surface area contributed by atoms with Crippen LogP contribution in [0.1, 0.15) is 27.0 Å². The van der Waals surface area contributed by atoms with E-state index in [-0.39, 0.29) is 19.1 Å². The van der Waals surface area contributed by atoms with Gasteiger partial charge < -0.3 is 25.5 Å². The molecule has 0 radical (unpaired) electrons. The molecule has 0 atom stereocenters. The smallest absolute Gasteiger partial charge is 0.459 e. The zero-order valence-electron chi connectivity index (χ0n) is 14.1. The van der Waals surface area contributed by atoms with Crippen molar-refractivity contribution in [1.29, 1.82) is 0 Å². The number of amides is 1. The maximum Gasteiger partial charge on any atom is 0.492 e. The Hall–Kier alpha value is -2.98. The first-order valence-corrected chi connectivity index (χ1v) is 7.88. The molecule has 0 bridgehead atoms. The third-order valence-corrected chi connectivity index (χ3v) is 4.01. The zero-order chi connectivity index (χ0) is 18.7. The molecule has 1 aliphatic heterocycles. The Labute approximate surface area is 149 Å². The molecule has 26 heavy (non-hydrogen) atoms. The summed E-state index contributed by atoms with van der Waals surface area (Å²) in [5.41, 5.74) is 8.39. The second-order valence-electron chi connectivity index (χ2n) is 5.77. The van der Waals surface area contributed by atoms with E-state index >= 15 is 0 Å². The molecule has 2 heterocycles. The van der Waals surface area contributed by atoms with Crippen molar-refractivity contribution in [1.82, 2.24) is 15.3 Å². The Kier molecular flexibility index (Phi) is 5.15. The number of hydrogen-bond acceptors (Lipinski definition) is 8. The predicted molar refractivity (Wildman–Crippen MR) is 92.1 cm³/mol. The number of nitrogens with two attached hydrogens (primary N) is 1. The molecule has 4 N–H and O–H groups in total. The standard InChI is InChI=1S/C16H17BN4O5/c1-9-12(3-2-11-8-26-17(24)14(9)11)15(23)19-6-13(22)25-7-10-4-20-16(18)21-5-10/h2-5,24H,6-8H2,1H3,(H,19,23)(H2,18,20,21). The van der Waals surface area contributed by atoms with Gasteiger partial charge in [0, 0.05) is 23.5 Å². The SMILES string of the molecule is Cc1c(C(=O)NCC(=O)OCc2cnc(N)nc2)ccc2c1B(O)OC2. The predicted octanol–water partition coefficient (Wildman–Crippen LogP) is -0.942. The maximum absolute atomic E-state index is 12.3. The maximum atomic E-state index is 12.3. The Bertz CT molecular complexity index is 843. The van der Waals surface area contributed by atoms with Gasteiger partial charge >= 0.3 is 13.1 Å². The lowest BCUT2D eigenvalue weighted by molar-refractivity contribution is -0.143. The van der Waals surface area contributed by atoms with Gasteiger partial charge in [-0.05, 0) is 29.6 Å². The fraction of sp³-hybridized carbons (Fsp3) is 0.250. The van der Waals surface area contributed by atoms with Crippen molar-refractivity contribution in [3.8, 4) is 0 Å². The monoisotopic (exact) mass is 356 g/mol. The summed E-state index contributed by atoms with van der Waals surface area (Å²) in [6.45, 7) is 1.73. The van der Waals surface area contributed by atoms with E-state index in [0.717, 1.165) is 5.56 Å². The third kappa shape index (κ3) is 3.81. The largest absolute Gasteiger partial charge is 0.492 e. The van der Waals surface area contributed by atoms with Gasteiger partial charge in [-0.1, -0.05) is 6.07 Å². The second-order valence-corrected chi connectivity index (χ2v) is 5.77. The number of hydrogen-bond donors (Lipinski definition) is 3. The van der Waals surface area contributed by atoms with Crippen molar-refractivity contribution >= 4 is 30.4 Å². The van der Waals surface area contributed by atoms with Crippen LogP contribution < -0.4 is 16.5 Å². The number of nitrogens with zero attached hydrogens (tertiary/aromatic N) is 2. The molecule has 1 aliphatic rings. The minimum Gasteiger partial charge on any atom is -0.459 e. The minimum absolute atomic E-state index is 0.0175.